The first-order valence-corrected chi connectivity index (χ1v) is 12.2. The Balaban J connectivity index is 1.93. The maximum Gasteiger partial charge on any atom is 0.416 e. The highest BCUT2D eigenvalue weighted by molar-refractivity contribution is 9.10. The zero-order valence-corrected chi connectivity index (χ0v) is 22.2. The van der Waals surface area contributed by atoms with Gasteiger partial charge in [-0.2, -0.15) is 22.9 Å². The van der Waals surface area contributed by atoms with E-state index < -0.39 is 23.3 Å². The van der Waals surface area contributed by atoms with Crippen LogP contribution in [0.25, 0.3) is 22.3 Å². The molecule has 4 aromatic rings. The summed E-state index contributed by atoms with van der Waals surface area (Å²) in [7, 11) is 0. The molecule has 0 amide bonds. The predicted molar refractivity (Wildman–Crippen MR) is 141 cm³/mol. The lowest BCUT2D eigenvalue weighted by Gasteiger charge is -2.14. The lowest BCUT2D eigenvalue weighted by molar-refractivity contribution is -0.137. The van der Waals surface area contributed by atoms with Crippen molar-refractivity contribution in [2.75, 3.05) is 6.61 Å². The van der Waals surface area contributed by atoms with Crippen LogP contribution in [0.1, 0.15) is 25.0 Å². The smallest absolute Gasteiger partial charge is 0.416 e. The van der Waals surface area contributed by atoms with E-state index in [1.165, 1.54) is 31.3 Å². The third-order valence-corrected chi connectivity index (χ3v) is 6.66. The highest BCUT2D eigenvalue weighted by Crippen LogP contribution is 2.42. The Hall–Kier alpha value is -3.70. The summed E-state index contributed by atoms with van der Waals surface area (Å²) in [5, 5.41) is 4.51. The van der Waals surface area contributed by atoms with E-state index in [-0.39, 0.29) is 44.4 Å². The van der Waals surface area contributed by atoms with Crippen molar-refractivity contribution in [3.8, 4) is 22.9 Å². The summed E-state index contributed by atoms with van der Waals surface area (Å²) in [5.41, 5.74) is -0.820. The minimum Gasteiger partial charge on any atom is -0.490 e. The molecule has 0 saturated heterocycles. The molecule has 0 N–H and O–H groups in total. The molecule has 3 aromatic carbocycles. The van der Waals surface area contributed by atoms with Crippen LogP contribution in [0.4, 0.5) is 13.2 Å². The van der Waals surface area contributed by atoms with E-state index in [1.807, 2.05) is 0 Å². The van der Waals surface area contributed by atoms with Gasteiger partial charge >= 0.3 is 12.1 Å². The molecule has 0 fully saturated rings. The number of aromatic nitrogens is 2. The molecule has 0 aliphatic carbocycles. The molecule has 0 atom stereocenters. The minimum atomic E-state index is -4.60. The fourth-order valence-corrected chi connectivity index (χ4v) is 4.21. The van der Waals surface area contributed by atoms with Crippen molar-refractivity contribution in [3.63, 3.8) is 0 Å². The fraction of sp³-hybridized carbons (Fsp3) is 0.154. The van der Waals surface area contributed by atoms with Crippen molar-refractivity contribution in [2.24, 2.45) is 5.10 Å². The van der Waals surface area contributed by atoms with Crippen LogP contribution in [0, 0.1) is 0 Å². The summed E-state index contributed by atoms with van der Waals surface area (Å²) < 4.78 is 52.1. The zero-order valence-electron chi connectivity index (χ0n) is 19.8. The molecule has 12 heteroatoms. The van der Waals surface area contributed by atoms with Crippen molar-refractivity contribution in [1.29, 1.82) is 0 Å². The topological polar surface area (TPSA) is 82.8 Å². The number of hydrogen-bond donors (Lipinski definition) is 0. The Bertz CT molecular complexity index is 1640. The number of halogens is 5. The third-order valence-electron chi connectivity index (χ3n) is 5.22. The molecular formula is C26H18BrClF3N3O4. The summed E-state index contributed by atoms with van der Waals surface area (Å²) in [6, 6.07) is 12.4. The maximum atomic E-state index is 13.4. The van der Waals surface area contributed by atoms with Gasteiger partial charge in [0.1, 0.15) is 5.02 Å². The molecule has 7 nitrogen and oxygen atoms in total. The highest BCUT2D eigenvalue weighted by atomic mass is 79.9. The molecule has 1 heterocycles. The molecule has 0 radical (unpaired) electrons. The quantitative estimate of drug-likeness (QED) is 0.138. The number of benzene rings is 3. The van der Waals surface area contributed by atoms with Crippen molar-refractivity contribution in [1.82, 2.24) is 9.66 Å². The second-order valence-corrected chi connectivity index (χ2v) is 9.01. The molecule has 0 aliphatic heterocycles. The number of carbonyl (C=O) groups excluding carboxylic acids is 1. The lowest BCUT2D eigenvalue weighted by atomic mass is 10.1. The fourth-order valence-electron chi connectivity index (χ4n) is 3.57. The van der Waals surface area contributed by atoms with Crippen LogP contribution in [0.15, 0.2) is 69.0 Å². The number of carbonyl (C=O) groups is 1. The minimum absolute atomic E-state index is 0.000708. The Morgan fingerprint density at radius 1 is 1.18 bits per heavy atom. The van der Waals surface area contributed by atoms with Gasteiger partial charge in [0.25, 0.3) is 5.56 Å². The van der Waals surface area contributed by atoms with Crippen LogP contribution in [-0.4, -0.2) is 28.5 Å². The average molecular weight is 609 g/mol. The summed E-state index contributed by atoms with van der Waals surface area (Å²) in [6.07, 6.45) is -3.33. The van der Waals surface area contributed by atoms with Gasteiger partial charge in [-0.05, 0) is 53.2 Å². The van der Waals surface area contributed by atoms with Crippen LogP contribution in [0.2, 0.25) is 5.02 Å². The van der Waals surface area contributed by atoms with Crippen molar-refractivity contribution in [2.45, 2.75) is 20.0 Å². The standard InChI is InChI=1S/C26H18BrClF3N3O4/c1-3-37-20-12-16(21(27)22(28)23(20)38-14(2)35)13-32-34-24(15-7-6-8-17(11-15)26(29,30)31)33-19-10-5-4-9-18(19)25(34)36/h4-13H,3H2,1-2H3. The van der Waals surface area contributed by atoms with Crippen LogP contribution in [-0.2, 0) is 11.0 Å². The first-order valence-electron chi connectivity index (χ1n) is 11.1. The third kappa shape index (κ3) is 5.58. The highest BCUT2D eigenvalue weighted by Gasteiger charge is 2.31. The molecule has 0 aliphatic rings. The SMILES string of the molecule is CCOc1cc(C=Nn2c(-c3cccc(C(F)(F)F)c3)nc3ccccc3c2=O)c(Br)c(Cl)c1OC(C)=O. The van der Waals surface area contributed by atoms with Gasteiger partial charge in [0.15, 0.2) is 17.3 Å². The second-order valence-electron chi connectivity index (χ2n) is 7.84. The van der Waals surface area contributed by atoms with E-state index in [0.717, 1.165) is 16.8 Å². The van der Waals surface area contributed by atoms with Crippen molar-refractivity contribution < 1.29 is 27.4 Å². The molecule has 0 spiro atoms. The van der Waals surface area contributed by atoms with Crippen molar-refractivity contribution >= 4 is 50.6 Å². The Morgan fingerprint density at radius 3 is 2.61 bits per heavy atom. The Kier molecular flexibility index (Phi) is 7.89. The van der Waals surface area contributed by atoms with E-state index in [2.05, 4.69) is 26.0 Å². The predicted octanol–water partition coefficient (Wildman–Crippen LogP) is 6.70. The van der Waals surface area contributed by atoms with E-state index in [9.17, 15) is 22.8 Å². The van der Waals surface area contributed by atoms with Gasteiger partial charge in [0.2, 0.25) is 0 Å². The number of nitrogens with zero attached hydrogens (tertiary/aromatic N) is 3. The monoisotopic (exact) mass is 607 g/mol. The van der Waals surface area contributed by atoms with Gasteiger partial charge in [-0.15, -0.1) is 0 Å². The van der Waals surface area contributed by atoms with Gasteiger partial charge in [0, 0.05) is 22.5 Å². The van der Waals surface area contributed by atoms with Gasteiger partial charge in [-0.1, -0.05) is 35.9 Å². The van der Waals surface area contributed by atoms with Gasteiger partial charge in [-0.25, -0.2) is 4.98 Å². The number of para-hydroxylation sites is 1. The molecule has 0 bridgehead atoms. The summed E-state index contributed by atoms with van der Waals surface area (Å²) in [6.45, 7) is 3.17. The molecule has 0 unspecified atom stereocenters. The van der Waals surface area contributed by atoms with Crippen LogP contribution < -0.4 is 15.0 Å². The van der Waals surface area contributed by atoms with E-state index >= 15 is 0 Å². The zero-order chi connectivity index (χ0) is 27.6. The van der Waals surface area contributed by atoms with Gasteiger partial charge in [-0.3, -0.25) is 9.59 Å². The number of ether oxygens (including phenoxy) is 2. The number of hydrogen-bond acceptors (Lipinski definition) is 6. The van der Waals surface area contributed by atoms with Gasteiger partial charge in [0.05, 0.1) is 29.3 Å². The van der Waals surface area contributed by atoms with Gasteiger partial charge < -0.3 is 9.47 Å². The summed E-state index contributed by atoms with van der Waals surface area (Å²) >= 11 is 9.74. The largest absolute Gasteiger partial charge is 0.490 e. The number of fused-ring (bicyclic) bond motifs is 1. The second kappa shape index (κ2) is 11.0. The first-order chi connectivity index (χ1) is 18.0. The van der Waals surface area contributed by atoms with E-state index in [4.69, 9.17) is 21.1 Å². The molecule has 0 saturated carbocycles. The maximum absolute atomic E-state index is 13.4. The van der Waals surface area contributed by atoms with Crippen LogP contribution in [0.5, 0.6) is 11.5 Å². The Morgan fingerprint density at radius 2 is 1.92 bits per heavy atom. The van der Waals surface area contributed by atoms with E-state index in [0.29, 0.717) is 11.1 Å². The summed E-state index contributed by atoms with van der Waals surface area (Å²) in [4.78, 5) is 29.4. The number of esters is 1. The van der Waals surface area contributed by atoms with Crippen LogP contribution in [0.3, 0.4) is 0 Å². The lowest BCUT2D eigenvalue weighted by Crippen LogP contribution is -2.20. The molecule has 1 aromatic heterocycles. The molecule has 38 heavy (non-hydrogen) atoms. The average Bonchev–Trinajstić information content (AvgIpc) is 2.88. The molecular weight excluding hydrogens is 591 g/mol. The van der Waals surface area contributed by atoms with Crippen molar-refractivity contribution in [3.05, 3.63) is 85.6 Å². The molecule has 4 rings (SSSR count). The first kappa shape index (κ1) is 27.3. The summed E-state index contributed by atoms with van der Waals surface area (Å²) in [5.74, 6) is -0.556. The Labute approximate surface area is 227 Å². The van der Waals surface area contributed by atoms with E-state index in [1.54, 1.807) is 31.2 Å². The number of alkyl halides is 3. The normalized spacial score (nSPS) is 11.8. The van der Waals surface area contributed by atoms with Crippen LogP contribution >= 0.6 is 27.5 Å². The molecule has 196 valence electrons. The number of rotatable bonds is 6.